The molecule has 39 heavy (non-hydrogen) atoms. The number of hydrogen-bond acceptors (Lipinski definition) is 4. The topological polar surface area (TPSA) is 118 Å². The molecule has 0 unspecified atom stereocenters. The first-order valence-electron chi connectivity index (χ1n) is 12.7. The van der Waals surface area contributed by atoms with Crippen LogP contribution in [-0.2, 0) is 9.59 Å². The Hall–Kier alpha value is -3.69. The molecule has 3 amide bonds. The highest BCUT2D eigenvalue weighted by Gasteiger charge is 2.58. The van der Waals surface area contributed by atoms with E-state index in [0.717, 1.165) is 17.0 Å². The zero-order valence-electron chi connectivity index (χ0n) is 20.7. The van der Waals surface area contributed by atoms with E-state index in [1.165, 1.54) is 0 Å². The summed E-state index contributed by atoms with van der Waals surface area (Å²) in [7, 11) is 0. The molecule has 1 aromatic carbocycles. The number of nitrogens with zero attached hydrogens (tertiary/aromatic N) is 2. The lowest BCUT2D eigenvalue weighted by Crippen LogP contribution is -2.52. The Labute approximate surface area is 219 Å². The van der Waals surface area contributed by atoms with Gasteiger partial charge in [-0.15, -0.1) is 0 Å². The fraction of sp³-hybridized carbons (Fsp3) is 0.538. The number of hydrogen-bond donors (Lipinski definition) is 3. The molecule has 3 heterocycles. The van der Waals surface area contributed by atoms with E-state index in [-0.39, 0.29) is 35.5 Å². The van der Waals surface area contributed by atoms with Crippen LogP contribution in [-0.4, -0.2) is 58.7 Å². The van der Waals surface area contributed by atoms with Crippen LogP contribution in [0.15, 0.2) is 18.2 Å². The molecule has 208 valence electrons. The molecule has 8 nitrogen and oxygen atoms in total. The Morgan fingerprint density at radius 1 is 1.23 bits per heavy atom. The Kier molecular flexibility index (Phi) is 6.99. The summed E-state index contributed by atoms with van der Waals surface area (Å²) in [5.41, 5.74) is -0.857. The standard InChI is InChI=1S/C26H26F5N5O3/c27-14-5-17(22(28)29)16-7-20(35-19(16)6-14)25(39)36-11-13-8-26(30,31)9-18(13)21(36)24(38)34-15(10-32)4-12-2-1-3-33-23(12)37/h5-7,12-13,15,18,21-22,35H,1-4,8-9,11H2,(H,33,37)(H,34,38)/t12-,13-,15+,18-,21-/m1/s1. The van der Waals surface area contributed by atoms with Crippen LogP contribution in [0, 0.1) is 34.9 Å². The number of aromatic nitrogens is 1. The van der Waals surface area contributed by atoms with Gasteiger partial charge in [0.15, 0.2) is 0 Å². The number of carbonyl (C=O) groups is 3. The summed E-state index contributed by atoms with van der Waals surface area (Å²) in [5.74, 6) is -7.85. The number of aromatic amines is 1. The van der Waals surface area contributed by atoms with E-state index < -0.39 is 78.2 Å². The van der Waals surface area contributed by atoms with Gasteiger partial charge in [0, 0.05) is 48.3 Å². The van der Waals surface area contributed by atoms with Crippen LogP contribution in [0.1, 0.15) is 54.6 Å². The van der Waals surface area contributed by atoms with Gasteiger partial charge in [0.2, 0.25) is 17.7 Å². The third-order valence-electron chi connectivity index (χ3n) is 7.99. The van der Waals surface area contributed by atoms with Gasteiger partial charge in [-0.25, -0.2) is 22.0 Å². The third-order valence-corrected chi connectivity index (χ3v) is 7.99. The van der Waals surface area contributed by atoms with Crippen molar-refractivity contribution in [2.75, 3.05) is 13.1 Å². The normalized spacial score (nSPS) is 26.8. The highest BCUT2D eigenvalue weighted by atomic mass is 19.3. The number of H-pyrrole nitrogens is 1. The quantitative estimate of drug-likeness (QED) is 0.475. The number of fused-ring (bicyclic) bond motifs is 2. The van der Waals surface area contributed by atoms with Crippen molar-refractivity contribution in [3.05, 3.63) is 35.3 Å². The molecule has 5 atom stereocenters. The minimum atomic E-state index is -3.03. The third kappa shape index (κ3) is 5.16. The monoisotopic (exact) mass is 551 g/mol. The Morgan fingerprint density at radius 2 is 2.00 bits per heavy atom. The summed E-state index contributed by atoms with van der Waals surface area (Å²) >= 11 is 0. The predicted octanol–water partition coefficient (Wildman–Crippen LogP) is 3.66. The first kappa shape index (κ1) is 26.9. The summed E-state index contributed by atoms with van der Waals surface area (Å²) in [5, 5.41) is 14.8. The highest BCUT2D eigenvalue weighted by Crippen LogP contribution is 2.50. The summed E-state index contributed by atoms with van der Waals surface area (Å²) < 4.78 is 69.4. The number of likely N-dealkylation sites (tertiary alicyclic amines) is 1. The lowest BCUT2D eigenvalue weighted by atomic mass is 9.90. The first-order valence-corrected chi connectivity index (χ1v) is 12.7. The van der Waals surface area contributed by atoms with Crippen molar-refractivity contribution in [3.63, 3.8) is 0 Å². The minimum Gasteiger partial charge on any atom is -0.356 e. The number of amides is 3. The molecule has 2 aliphatic heterocycles. The highest BCUT2D eigenvalue weighted by molar-refractivity contribution is 6.01. The van der Waals surface area contributed by atoms with E-state index in [1.54, 1.807) is 0 Å². The van der Waals surface area contributed by atoms with Gasteiger partial charge in [-0.3, -0.25) is 14.4 Å². The van der Waals surface area contributed by atoms with Crippen molar-refractivity contribution in [1.82, 2.24) is 20.5 Å². The number of nitriles is 1. The fourth-order valence-electron chi connectivity index (χ4n) is 6.27. The molecular formula is C26H26F5N5O3. The van der Waals surface area contributed by atoms with Gasteiger partial charge in [-0.2, -0.15) is 5.26 Å². The second-order valence-corrected chi connectivity index (χ2v) is 10.6. The maximum Gasteiger partial charge on any atom is 0.271 e. The number of piperidine rings is 1. The Morgan fingerprint density at radius 3 is 2.69 bits per heavy atom. The lowest BCUT2D eigenvalue weighted by Gasteiger charge is -2.29. The lowest BCUT2D eigenvalue weighted by molar-refractivity contribution is -0.129. The summed E-state index contributed by atoms with van der Waals surface area (Å²) in [6.07, 6.45) is -2.88. The van der Waals surface area contributed by atoms with Gasteiger partial charge in [0.25, 0.3) is 12.3 Å². The molecule has 5 rings (SSSR count). The molecule has 0 radical (unpaired) electrons. The zero-order chi connectivity index (χ0) is 28.1. The molecule has 1 aromatic heterocycles. The van der Waals surface area contributed by atoms with Crippen LogP contribution in [0.5, 0.6) is 0 Å². The molecule has 1 saturated carbocycles. The number of halogens is 5. The second-order valence-electron chi connectivity index (χ2n) is 10.6. The predicted molar refractivity (Wildman–Crippen MR) is 127 cm³/mol. The van der Waals surface area contributed by atoms with Crippen molar-refractivity contribution in [2.45, 2.75) is 56.5 Å². The van der Waals surface area contributed by atoms with E-state index >= 15 is 0 Å². The molecule has 0 bridgehead atoms. The molecule has 0 spiro atoms. The van der Waals surface area contributed by atoms with Crippen LogP contribution < -0.4 is 10.6 Å². The maximum absolute atomic E-state index is 14.3. The van der Waals surface area contributed by atoms with E-state index in [2.05, 4.69) is 15.6 Å². The average molecular weight is 552 g/mol. The molecule has 1 aliphatic carbocycles. The van der Waals surface area contributed by atoms with E-state index in [4.69, 9.17) is 0 Å². The van der Waals surface area contributed by atoms with Gasteiger partial charge in [-0.1, -0.05) is 0 Å². The van der Waals surface area contributed by atoms with Gasteiger partial charge in [0.1, 0.15) is 23.6 Å². The number of benzene rings is 1. The van der Waals surface area contributed by atoms with Crippen molar-refractivity contribution in [1.29, 1.82) is 5.26 Å². The molecule has 3 N–H and O–H groups in total. The smallest absolute Gasteiger partial charge is 0.271 e. The van der Waals surface area contributed by atoms with Gasteiger partial charge in [0.05, 0.1) is 6.07 Å². The van der Waals surface area contributed by atoms with Gasteiger partial charge in [-0.05, 0) is 49.3 Å². The summed E-state index contributed by atoms with van der Waals surface area (Å²) in [6.45, 7) is 0.347. The summed E-state index contributed by atoms with van der Waals surface area (Å²) in [6, 6.07) is 2.27. The SMILES string of the molecule is N#C[C@H](C[C@H]1CCCNC1=O)NC(=O)[C@H]1[C@@H]2CC(F)(F)C[C@@H]2CN1C(=O)c1cc2c(C(F)F)cc(F)cc2[nH]1. The minimum absolute atomic E-state index is 0.0307. The van der Waals surface area contributed by atoms with E-state index in [9.17, 15) is 41.6 Å². The maximum atomic E-state index is 14.3. The molecule has 13 heteroatoms. The molecular weight excluding hydrogens is 525 g/mol. The average Bonchev–Trinajstić information content (AvgIpc) is 3.53. The molecule has 2 aromatic rings. The number of carbonyl (C=O) groups excluding carboxylic acids is 3. The van der Waals surface area contributed by atoms with Crippen molar-refractivity contribution >= 4 is 28.6 Å². The van der Waals surface area contributed by atoms with E-state index in [1.807, 2.05) is 6.07 Å². The number of alkyl halides is 4. The van der Waals surface area contributed by atoms with Crippen LogP contribution in [0.3, 0.4) is 0 Å². The van der Waals surface area contributed by atoms with Crippen LogP contribution in [0.2, 0.25) is 0 Å². The first-order chi connectivity index (χ1) is 18.5. The number of rotatable bonds is 6. The van der Waals surface area contributed by atoms with Crippen molar-refractivity contribution in [3.8, 4) is 6.07 Å². The second kappa shape index (κ2) is 10.1. The van der Waals surface area contributed by atoms with Crippen molar-refractivity contribution < 1.29 is 36.3 Å². The number of nitrogens with one attached hydrogen (secondary N) is 3. The van der Waals surface area contributed by atoms with Crippen LogP contribution in [0.4, 0.5) is 22.0 Å². The molecule has 3 fully saturated rings. The summed E-state index contributed by atoms with van der Waals surface area (Å²) in [4.78, 5) is 42.8. The van der Waals surface area contributed by atoms with Gasteiger partial charge >= 0.3 is 0 Å². The Balaban J connectivity index is 1.41. The van der Waals surface area contributed by atoms with Crippen LogP contribution >= 0.6 is 0 Å². The van der Waals surface area contributed by atoms with E-state index in [0.29, 0.717) is 25.5 Å². The fourth-order valence-corrected chi connectivity index (χ4v) is 6.27. The molecule has 2 saturated heterocycles. The Bertz CT molecular complexity index is 1360. The van der Waals surface area contributed by atoms with Crippen LogP contribution in [0.25, 0.3) is 10.9 Å². The largest absolute Gasteiger partial charge is 0.356 e. The van der Waals surface area contributed by atoms with Gasteiger partial charge < -0.3 is 20.5 Å². The zero-order valence-corrected chi connectivity index (χ0v) is 20.7. The molecule has 3 aliphatic rings. The van der Waals surface area contributed by atoms with Crippen molar-refractivity contribution in [2.24, 2.45) is 17.8 Å².